The number of ether oxygens (including phenoxy) is 1. The zero-order valence-corrected chi connectivity index (χ0v) is 15.9. The third-order valence-electron chi connectivity index (χ3n) is 4.18. The zero-order chi connectivity index (χ0) is 20.7. The van der Waals surface area contributed by atoms with E-state index in [2.05, 4.69) is 10.1 Å². The van der Waals surface area contributed by atoms with E-state index in [1.807, 2.05) is 26.0 Å². The number of aryl methyl sites for hydroxylation is 1. The lowest BCUT2D eigenvalue weighted by Crippen LogP contribution is -2.34. The number of likely N-dealkylation sites (N-methyl/N-ethyl adjacent to an activating group) is 1. The van der Waals surface area contributed by atoms with Crippen LogP contribution in [0, 0.1) is 13.8 Å². The molecule has 0 saturated carbocycles. The van der Waals surface area contributed by atoms with Gasteiger partial charge in [0.1, 0.15) is 5.75 Å². The van der Waals surface area contributed by atoms with Gasteiger partial charge in [-0.15, -0.1) is 0 Å². The Morgan fingerprint density at radius 3 is 2.57 bits per heavy atom. The molecule has 0 atom stereocenters. The van der Waals surface area contributed by atoms with Gasteiger partial charge in [0.25, 0.3) is 0 Å². The molecule has 1 N–H and O–H groups in total. The van der Waals surface area contributed by atoms with Gasteiger partial charge in [-0.05, 0) is 43.2 Å². The Hall–Kier alpha value is -3.22. The van der Waals surface area contributed by atoms with Crippen LogP contribution in [-0.2, 0) is 9.59 Å². The van der Waals surface area contributed by atoms with E-state index < -0.39 is 12.5 Å². The first-order chi connectivity index (χ1) is 13.3. The molecule has 7 heteroatoms. The van der Waals surface area contributed by atoms with Gasteiger partial charge in [0.05, 0.1) is 6.54 Å². The van der Waals surface area contributed by atoms with Crippen LogP contribution in [-0.4, -0.2) is 36.9 Å². The molecular formula is C21H22F2N2O3. The molecule has 0 aliphatic carbocycles. The maximum atomic E-state index is 12.4. The molecule has 0 bridgehead atoms. The first-order valence-electron chi connectivity index (χ1n) is 8.61. The van der Waals surface area contributed by atoms with E-state index in [0.29, 0.717) is 11.3 Å². The molecule has 0 aromatic heterocycles. The Labute approximate surface area is 162 Å². The van der Waals surface area contributed by atoms with E-state index in [1.165, 1.54) is 30.2 Å². The average Bonchev–Trinajstić information content (AvgIpc) is 2.64. The number of alkyl halides is 2. The summed E-state index contributed by atoms with van der Waals surface area (Å²) < 4.78 is 29.3. The number of nitrogens with one attached hydrogen (secondary N) is 1. The lowest BCUT2D eigenvalue weighted by atomic mass is 10.1. The summed E-state index contributed by atoms with van der Waals surface area (Å²) in [5.74, 6) is -0.806. The molecule has 0 spiro atoms. The first-order valence-corrected chi connectivity index (χ1v) is 8.61. The van der Waals surface area contributed by atoms with Crippen molar-refractivity contribution in [1.82, 2.24) is 4.90 Å². The minimum atomic E-state index is -2.96. The number of hydrogen-bond donors (Lipinski definition) is 1. The largest absolute Gasteiger partial charge is 0.434 e. The van der Waals surface area contributed by atoms with Crippen LogP contribution < -0.4 is 10.1 Å². The molecule has 28 heavy (non-hydrogen) atoms. The number of benzene rings is 2. The van der Waals surface area contributed by atoms with Crippen molar-refractivity contribution >= 4 is 23.6 Å². The van der Waals surface area contributed by atoms with E-state index in [0.717, 1.165) is 11.1 Å². The molecule has 0 saturated heterocycles. The number of carbonyl (C=O) groups is 2. The number of hydrogen-bond acceptors (Lipinski definition) is 3. The van der Waals surface area contributed by atoms with Gasteiger partial charge >= 0.3 is 6.61 Å². The fraction of sp³-hybridized carbons (Fsp3) is 0.238. The van der Waals surface area contributed by atoms with Crippen LogP contribution >= 0.6 is 0 Å². The van der Waals surface area contributed by atoms with E-state index >= 15 is 0 Å². The van der Waals surface area contributed by atoms with Crippen LogP contribution in [0.4, 0.5) is 14.5 Å². The number of rotatable bonds is 7. The molecule has 2 rings (SSSR count). The van der Waals surface area contributed by atoms with Gasteiger partial charge < -0.3 is 15.0 Å². The second kappa shape index (κ2) is 9.64. The summed E-state index contributed by atoms with van der Waals surface area (Å²) in [6.45, 7) is 0.746. The smallest absolute Gasteiger partial charge is 0.387 e. The molecule has 0 unspecified atom stereocenters. The Balaban J connectivity index is 1.98. The van der Waals surface area contributed by atoms with Crippen molar-refractivity contribution in [3.63, 3.8) is 0 Å². The Morgan fingerprint density at radius 2 is 1.86 bits per heavy atom. The van der Waals surface area contributed by atoms with E-state index in [9.17, 15) is 18.4 Å². The molecule has 0 heterocycles. The van der Waals surface area contributed by atoms with Crippen LogP contribution in [0.2, 0.25) is 0 Å². The van der Waals surface area contributed by atoms with Crippen molar-refractivity contribution in [2.75, 3.05) is 18.9 Å². The number of para-hydroxylation sites is 1. The number of nitrogens with zero attached hydrogens (tertiary/aromatic N) is 1. The minimum Gasteiger partial charge on any atom is -0.434 e. The Morgan fingerprint density at radius 1 is 1.14 bits per heavy atom. The highest BCUT2D eigenvalue weighted by Gasteiger charge is 2.13. The number of amides is 2. The standard InChI is InChI=1S/C21H22F2N2O3/c1-14-7-6-9-17(15(14)2)24-19(26)13-25(3)20(27)12-11-16-8-4-5-10-18(16)28-21(22)23/h4-12,21H,13H2,1-3H3,(H,24,26)/b12-11+. The minimum absolute atomic E-state index is 0.0307. The number of halogens is 2. The van der Waals surface area contributed by atoms with Crippen LogP contribution in [0.5, 0.6) is 5.75 Å². The fourth-order valence-electron chi connectivity index (χ4n) is 2.48. The van der Waals surface area contributed by atoms with E-state index in [-0.39, 0.29) is 18.2 Å². The van der Waals surface area contributed by atoms with Crippen molar-refractivity contribution < 1.29 is 23.1 Å². The lowest BCUT2D eigenvalue weighted by Gasteiger charge is -2.16. The second-order valence-electron chi connectivity index (χ2n) is 6.24. The Kier molecular flexibility index (Phi) is 7.26. The monoisotopic (exact) mass is 388 g/mol. The molecular weight excluding hydrogens is 366 g/mol. The molecule has 2 amide bonds. The summed E-state index contributed by atoms with van der Waals surface area (Å²) in [6, 6.07) is 11.7. The van der Waals surface area contributed by atoms with Crippen molar-refractivity contribution in [2.45, 2.75) is 20.5 Å². The third kappa shape index (κ3) is 5.90. The molecule has 0 aliphatic heterocycles. The summed E-state index contributed by atoms with van der Waals surface area (Å²) in [7, 11) is 1.48. The van der Waals surface area contributed by atoms with Crippen molar-refractivity contribution in [3.05, 3.63) is 65.2 Å². The first kappa shape index (κ1) is 21.1. The predicted octanol–water partition coefficient (Wildman–Crippen LogP) is 4.02. The molecule has 5 nitrogen and oxygen atoms in total. The molecule has 2 aromatic rings. The SMILES string of the molecule is Cc1cccc(NC(=O)CN(C)C(=O)/C=C/c2ccccc2OC(F)F)c1C. The highest BCUT2D eigenvalue weighted by Crippen LogP contribution is 2.21. The van der Waals surface area contributed by atoms with Gasteiger partial charge in [-0.1, -0.05) is 30.3 Å². The predicted molar refractivity (Wildman–Crippen MR) is 104 cm³/mol. The molecule has 2 aromatic carbocycles. The quantitative estimate of drug-likeness (QED) is 0.729. The van der Waals surface area contributed by atoms with Gasteiger partial charge in [0, 0.05) is 24.4 Å². The summed E-state index contributed by atoms with van der Waals surface area (Å²) in [5, 5.41) is 2.78. The topological polar surface area (TPSA) is 58.6 Å². The molecule has 0 radical (unpaired) electrons. The maximum absolute atomic E-state index is 12.4. The van der Waals surface area contributed by atoms with Crippen LogP contribution in [0.1, 0.15) is 16.7 Å². The van der Waals surface area contributed by atoms with Crippen molar-refractivity contribution in [2.24, 2.45) is 0 Å². The van der Waals surface area contributed by atoms with Crippen LogP contribution in [0.25, 0.3) is 6.08 Å². The molecule has 0 fully saturated rings. The van der Waals surface area contributed by atoms with Crippen LogP contribution in [0.15, 0.2) is 48.5 Å². The zero-order valence-electron chi connectivity index (χ0n) is 15.9. The van der Waals surface area contributed by atoms with Gasteiger partial charge in [-0.3, -0.25) is 9.59 Å². The van der Waals surface area contributed by atoms with Gasteiger partial charge in [0.2, 0.25) is 11.8 Å². The fourth-order valence-corrected chi connectivity index (χ4v) is 2.48. The van der Waals surface area contributed by atoms with E-state index in [1.54, 1.807) is 24.3 Å². The Bertz CT molecular complexity index is 882. The third-order valence-corrected chi connectivity index (χ3v) is 4.18. The number of anilines is 1. The summed E-state index contributed by atoms with van der Waals surface area (Å²) in [5.41, 5.74) is 3.04. The average molecular weight is 388 g/mol. The lowest BCUT2D eigenvalue weighted by molar-refractivity contribution is -0.129. The van der Waals surface area contributed by atoms with Gasteiger partial charge in [-0.2, -0.15) is 8.78 Å². The van der Waals surface area contributed by atoms with E-state index in [4.69, 9.17) is 0 Å². The second-order valence-corrected chi connectivity index (χ2v) is 6.24. The van der Waals surface area contributed by atoms with Crippen molar-refractivity contribution in [1.29, 1.82) is 0 Å². The molecule has 0 aliphatic rings. The highest BCUT2D eigenvalue weighted by atomic mass is 19.3. The summed E-state index contributed by atoms with van der Waals surface area (Å²) in [4.78, 5) is 25.7. The molecule has 148 valence electrons. The summed E-state index contributed by atoms with van der Waals surface area (Å²) >= 11 is 0. The van der Waals surface area contributed by atoms with Crippen LogP contribution in [0.3, 0.4) is 0 Å². The summed E-state index contributed by atoms with van der Waals surface area (Å²) in [6.07, 6.45) is 2.58. The van der Waals surface area contributed by atoms with Gasteiger partial charge in [-0.25, -0.2) is 0 Å². The van der Waals surface area contributed by atoms with Gasteiger partial charge in [0.15, 0.2) is 0 Å². The van der Waals surface area contributed by atoms with Crippen molar-refractivity contribution in [3.8, 4) is 5.75 Å². The normalized spacial score (nSPS) is 10.9. The number of carbonyl (C=O) groups excluding carboxylic acids is 2. The maximum Gasteiger partial charge on any atom is 0.387 e. The highest BCUT2D eigenvalue weighted by molar-refractivity contribution is 5.98.